The minimum atomic E-state index is -1.22. The highest BCUT2D eigenvalue weighted by Gasteiger charge is 2.80. The van der Waals surface area contributed by atoms with Crippen molar-refractivity contribution in [2.45, 2.75) is 19.9 Å². The average molecular weight is 360 g/mol. The number of carboxylic acids is 2. The molecule has 1 saturated carbocycles. The molecule has 0 radical (unpaired) electrons. The van der Waals surface area contributed by atoms with Crippen molar-refractivity contribution in [2.75, 3.05) is 13.1 Å². The van der Waals surface area contributed by atoms with Crippen molar-refractivity contribution in [1.82, 2.24) is 9.88 Å². The fraction of sp³-hybridized carbons (Fsp3) is 0.389. The second-order valence-electron chi connectivity index (χ2n) is 7.13. The van der Waals surface area contributed by atoms with E-state index in [0.29, 0.717) is 17.0 Å². The molecule has 2 atom stereocenters. The summed E-state index contributed by atoms with van der Waals surface area (Å²) < 4.78 is 19.0. The number of aromatic nitrogens is 1. The second-order valence-corrected chi connectivity index (χ2v) is 7.13. The third kappa shape index (κ3) is 2.25. The third-order valence-electron chi connectivity index (χ3n) is 5.54. The van der Waals surface area contributed by atoms with E-state index >= 15 is 0 Å². The van der Waals surface area contributed by atoms with Crippen molar-refractivity contribution in [3.63, 3.8) is 0 Å². The molecule has 1 aromatic carbocycles. The number of aryl methyl sites for hydroxylation is 1. The van der Waals surface area contributed by atoms with Gasteiger partial charge in [-0.1, -0.05) is 6.07 Å². The number of piperidine rings is 1. The zero-order valence-corrected chi connectivity index (χ0v) is 14.0. The summed E-state index contributed by atoms with van der Waals surface area (Å²) in [7, 11) is 0. The van der Waals surface area contributed by atoms with Gasteiger partial charge in [-0.3, -0.25) is 14.5 Å². The lowest BCUT2D eigenvalue weighted by Gasteiger charge is -2.18. The summed E-state index contributed by atoms with van der Waals surface area (Å²) in [4.78, 5) is 29.4. The van der Waals surface area contributed by atoms with Gasteiger partial charge in [0.05, 0.1) is 16.5 Å². The first-order valence-electron chi connectivity index (χ1n) is 8.19. The van der Waals surface area contributed by atoms with Gasteiger partial charge in [0, 0.05) is 25.2 Å². The largest absolute Gasteiger partial charge is 0.481 e. The highest BCUT2D eigenvalue weighted by molar-refractivity contribution is 5.94. The highest BCUT2D eigenvalue weighted by atomic mass is 19.1. The van der Waals surface area contributed by atoms with Gasteiger partial charge < -0.3 is 14.6 Å². The molecule has 7 nitrogen and oxygen atoms in total. The minimum absolute atomic E-state index is 0.160. The Labute approximate surface area is 148 Å². The van der Waals surface area contributed by atoms with E-state index in [1.54, 1.807) is 24.0 Å². The molecular formula is C18H17FN2O5. The number of halogens is 1. The van der Waals surface area contributed by atoms with Gasteiger partial charge in [0.25, 0.3) is 0 Å². The van der Waals surface area contributed by atoms with Gasteiger partial charge in [-0.2, -0.15) is 0 Å². The van der Waals surface area contributed by atoms with Crippen molar-refractivity contribution < 1.29 is 28.6 Å². The molecule has 1 aliphatic carbocycles. The number of fused-ring (bicyclic) bond motifs is 1. The molecule has 26 heavy (non-hydrogen) atoms. The average Bonchev–Trinajstić information content (AvgIpc) is 2.91. The third-order valence-corrected chi connectivity index (χ3v) is 5.54. The van der Waals surface area contributed by atoms with Gasteiger partial charge in [-0.05, 0) is 31.5 Å². The fourth-order valence-corrected chi connectivity index (χ4v) is 4.04. The SMILES string of the molecule is Cc1oc(-c2cccc(F)c2)nc1CN1C[C@@]2(C(=O)O)C[C@@]2(C(=O)O)C1. The summed E-state index contributed by atoms with van der Waals surface area (Å²) in [6, 6.07) is 5.89. The molecular weight excluding hydrogens is 343 g/mol. The Kier molecular flexibility index (Phi) is 3.46. The van der Waals surface area contributed by atoms with E-state index in [1.807, 2.05) is 0 Å². The van der Waals surface area contributed by atoms with Crippen molar-refractivity contribution in [3.8, 4) is 11.5 Å². The van der Waals surface area contributed by atoms with E-state index < -0.39 is 28.6 Å². The van der Waals surface area contributed by atoms with Gasteiger partial charge >= 0.3 is 11.9 Å². The number of likely N-dealkylation sites (tertiary alicyclic amines) is 1. The van der Waals surface area contributed by atoms with Crippen LogP contribution in [0.2, 0.25) is 0 Å². The van der Waals surface area contributed by atoms with E-state index in [0.717, 1.165) is 0 Å². The van der Waals surface area contributed by atoms with E-state index in [4.69, 9.17) is 4.42 Å². The lowest BCUT2D eigenvalue weighted by Crippen LogP contribution is -2.28. The Morgan fingerprint density at radius 3 is 2.50 bits per heavy atom. The van der Waals surface area contributed by atoms with Crippen molar-refractivity contribution in [2.24, 2.45) is 10.8 Å². The van der Waals surface area contributed by atoms with Gasteiger partial charge in [-0.15, -0.1) is 0 Å². The molecule has 136 valence electrons. The Morgan fingerprint density at radius 2 is 1.92 bits per heavy atom. The van der Waals surface area contributed by atoms with E-state index in [9.17, 15) is 24.2 Å². The standard InChI is InChI=1S/C18H17FN2O5/c1-10-13(20-14(26-10)11-3-2-4-12(19)5-11)6-21-8-17(15(22)23)7-18(17,9-21)16(24)25/h2-5H,6-9H2,1H3,(H,22,23)(H,24,25)/t17-,18+. The van der Waals surface area contributed by atoms with Crippen LogP contribution in [0, 0.1) is 23.6 Å². The van der Waals surface area contributed by atoms with Crippen molar-refractivity contribution >= 4 is 11.9 Å². The van der Waals surface area contributed by atoms with Crippen LogP contribution in [-0.4, -0.2) is 45.1 Å². The maximum atomic E-state index is 13.4. The molecule has 1 saturated heterocycles. The molecule has 0 unspecified atom stereocenters. The molecule has 4 rings (SSSR count). The first-order valence-corrected chi connectivity index (χ1v) is 8.19. The lowest BCUT2D eigenvalue weighted by atomic mass is 9.97. The van der Waals surface area contributed by atoms with Crippen LogP contribution in [0.15, 0.2) is 28.7 Å². The quantitative estimate of drug-likeness (QED) is 0.842. The van der Waals surface area contributed by atoms with Crippen LogP contribution in [0.3, 0.4) is 0 Å². The summed E-state index contributed by atoms with van der Waals surface area (Å²) in [5, 5.41) is 19.0. The molecule has 1 aromatic heterocycles. The van der Waals surface area contributed by atoms with E-state index in [1.165, 1.54) is 12.1 Å². The fourth-order valence-electron chi connectivity index (χ4n) is 4.04. The Hall–Kier alpha value is -2.74. The van der Waals surface area contributed by atoms with Crippen LogP contribution < -0.4 is 0 Å². The molecule has 2 aliphatic rings. The molecule has 2 aromatic rings. The molecule has 1 aliphatic heterocycles. The van der Waals surface area contributed by atoms with E-state index in [2.05, 4.69) is 4.98 Å². The summed E-state index contributed by atoms with van der Waals surface area (Å²) in [5.74, 6) is -1.72. The molecule has 8 heteroatoms. The van der Waals surface area contributed by atoms with Crippen LogP contribution in [0.25, 0.3) is 11.5 Å². The van der Waals surface area contributed by atoms with Crippen molar-refractivity contribution in [1.29, 1.82) is 0 Å². The van der Waals surface area contributed by atoms with E-state index in [-0.39, 0.29) is 31.9 Å². The molecule has 0 spiro atoms. The number of hydrogen-bond donors (Lipinski definition) is 2. The van der Waals surface area contributed by atoms with Crippen LogP contribution in [0.5, 0.6) is 0 Å². The number of oxazole rings is 1. The minimum Gasteiger partial charge on any atom is -0.481 e. The van der Waals surface area contributed by atoms with Crippen LogP contribution >= 0.6 is 0 Å². The zero-order valence-electron chi connectivity index (χ0n) is 14.0. The number of rotatable bonds is 5. The summed E-state index contributed by atoms with van der Waals surface area (Å²) in [6.07, 6.45) is 0.160. The smallest absolute Gasteiger partial charge is 0.312 e. The van der Waals surface area contributed by atoms with Gasteiger partial charge in [0.1, 0.15) is 11.6 Å². The highest BCUT2D eigenvalue weighted by Crippen LogP contribution is 2.68. The number of carboxylic acid groups (broad SMARTS) is 2. The number of hydrogen-bond acceptors (Lipinski definition) is 5. The topological polar surface area (TPSA) is 104 Å². The molecule has 0 bridgehead atoms. The van der Waals surface area contributed by atoms with Crippen molar-refractivity contribution in [3.05, 3.63) is 41.5 Å². The number of carbonyl (C=O) groups is 2. The van der Waals surface area contributed by atoms with Crippen LogP contribution in [-0.2, 0) is 16.1 Å². The number of benzene rings is 1. The first kappa shape index (κ1) is 16.7. The first-order chi connectivity index (χ1) is 12.3. The molecule has 0 amide bonds. The number of nitrogens with zero attached hydrogens (tertiary/aromatic N) is 2. The second kappa shape index (κ2) is 5.38. The van der Waals surface area contributed by atoms with Gasteiger partial charge in [0.15, 0.2) is 0 Å². The Balaban J connectivity index is 1.56. The van der Waals surface area contributed by atoms with Crippen LogP contribution in [0.4, 0.5) is 4.39 Å². The maximum absolute atomic E-state index is 13.4. The van der Waals surface area contributed by atoms with Gasteiger partial charge in [0.2, 0.25) is 5.89 Å². The summed E-state index contributed by atoms with van der Waals surface area (Å²) in [5.41, 5.74) is -1.34. The monoisotopic (exact) mass is 360 g/mol. The van der Waals surface area contributed by atoms with Gasteiger partial charge in [-0.25, -0.2) is 9.37 Å². The Morgan fingerprint density at radius 1 is 1.27 bits per heavy atom. The van der Waals surface area contributed by atoms with Crippen LogP contribution in [0.1, 0.15) is 17.9 Å². The summed E-state index contributed by atoms with van der Waals surface area (Å²) >= 11 is 0. The summed E-state index contributed by atoms with van der Waals surface area (Å²) in [6.45, 7) is 2.34. The molecule has 2 N–H and O–H groups in total. The predicted octanol–water partition coefficient (Wildman–Crippen LogP) is 2.15. The molecule has 2 heterocycles. The predicted molar refractivity (Wildman–Crippen MR) is 86.7 cm³/mol. The molecule has 2 fully saturated rings. The zero-order chi connectivity index (χ0) is 18.7. The normalized spacial score (nSPS) is 27.3. The Bertz CT molecular complexity index is 898. The lowest BCUT2D eigenvalue weighted by molar-refractivity contribution is -0.151. The maximum Gasteiger partial charge on any atom is 0.312 e. The number of aliphatic carboxylic acids is 2.